The second-order valence-electron chi connectivity index (χ2n) is 6.69. The average Bonchev–Trinajstić information content (AvgIpc) is 2.93. The van der Waals surface area contributed by atoms with E-state index in [0.717, 1.165) is 29.2 Å². The molecular formula is C21H25N3O. The van der Waals surface area contributed by atoms with Gasteiger partial charge in [0.1, 0.15) is 5.75 Å². The molecule has 0 aliphatic heterocycles. The highest BCUT2D eigenvalue weighted by Gasteiger charge is 2.13. The minimum absolute atomic E-state index is 0.225. The number of aryl methyl sites for hydroxylation is 2. The average molecular weight is 335 g/mol. The maximum Gasteiger partial charge on any atom is 0.115 e. The van der Waals surface area contributed by atoms with Crippen LogP contribution in [0, 0.1) is 13.8 Å². The van der Waals surface area contributed by atoms with Crippen LogP contribution in [0.1, 0.15) is 35.5 Å². The standard InChI is InChI=1S/C21H25N3O/c1-15-12-16(2)24(22-15)20-10-8-18(9-11-20)14-23(4)17(3)19-6-5-7-21(25)13-19/h5-13,17,25H,14H2,1-4H3. The van der Waals surface area contributed by atoms with Crippen LogP contribution in [0.5, 0.6) is 5.75 Å². The predicted octanol–water partition coefficient (Wildman–Crippen LogP) is 4.39. The van der Waals surface area contributed by atoms with Crippen molar-refractivity contribution >= 4 is 0 Å². The van der Waals surface area contributed by atoms with Crippen molar-refractivity contribution in [2.24, 2.45) is 0 Å². The van der Waals surface area contributed by atoms with Crippen molar-refractivity contribution in [3.05, 3.63) is 77.1 Å². The SMILES string of the molecule is Cc1cc(C)n(-c2ccc(CN(C)C(C)c3cccc(O)c3)cc2)n1. The fourth-order valence-corrected chi connectivity index (χ4v) is 3.10. The Labute approximate surface area is 149 Å². The third kappa shape index (κ3) is 3.91. The van der Waals surface area contributed by atoms with Crippen molar-refractivity contribution in [3.8, 4) is 11.4 Å². The van der Waals surface area contributed by atoms with E-state index in [1.54, 1.807) is 6.07 Å². The summed E-state index contributed by atoms with van der Waals surface area (Å²) in [6.45, 7) is 7.07. The van der Waals surface area contributed by atoms with E-state index in [0.29, 0.717) is 5.75 Å². The molecule has 3 rings (SSSR count). The van der Waals surface area contributed by atoms with Crippen molar-refractivity contribution in [1.82, 2.24) is 14.7 Å². The van der Waals surface area contributed by atoms with Crippen LogP contribution in [-0.2, 0) is 6.54 Å². The zero-order valence-corrected chi connectivity index (χ0v) is 15.3. The summed E-state index contributed by atoms with van der Waals surface area (Å²) in [6.07, 6.45) is 0. The lowest BCUT2D eigenvalue weighted by Crippen LogP contribution is -2.21. The molecule has 1 unspecified atom stereocenters. The van der Waals surface area contributed by atoms with Gasteiger partial charge >= 0.3 is 0 Å². The minimum atomic E-state index is 0.225. The molecular weight excluding hydrogens is 310 g/mol. The van der Waals surface area contributed by atoms with Crippen LogP contribution in [0.4, 0.5) is 0 Å². The molecule has 1 aromatic heterocycles. The van der Waals surface area contributed by atoms with Gasteiger partial charge in [-0.25, -0.2) is 4.68 Å². The first-order valence-corrected chi connectivity index (χ1v) is 8.56. The fraction of sp³-hybridized carbons (Fsp3) is 0.286. The molecule has 0 saturated carbocycles. The number of rotatable bonds is 5. The molecule has 1 heterocycles. The molecule has 0 spiro atoms. The summed E-state index contributed by atoms with van der Waals surface area (Å²) < 4.78 is 1.97. The molecule has 0 aliphatic rings. The first-order valence-electron chi connectivity index (χ1n) is 8.56. The molecule has 4 heteroatoms. The van der Waals surface area contributed by atoms with Crippen molar-refractivity contribution in [1.29, 1.82) is 0 Å². The van der Waals surface area contributed by atoms with E-state index in [4.69, 9.17) is 0 Å². The third-order valence-electron chi connectivity index (χ3n) is 4.64. The van der Waals surface area contributed by atoms with Gasteiger partial charge in [0.2, 0.25) is 0 Å². The number of phenols is 1. The van der Waals surface area contributed by atoms with Gasteiger partial charge in [-0.1, -0.05) is 24.3 Å². The molecule has 0 fully saturated rings. The summed E-state index contributed by atoms with van der Waals surface area (Å²) in [5.41, 5.74) is 5.61. The molecule has 2 aromatic carbocycles. The van der Waals surface area contributed by atoms with Gasteiger partial charge in [0.05, 0.1) is 11.4 Å². The highest BCUT2D eigenvalue weighted by molar-refractivity contribution is 5.36. The Bertz CT molecular complexity index is 852. The van der Waals surface area contributed by atoms with Crippen LogP contribution in [0.3, 0.4) is 0 Å². The van der Waals surface area contributed by atoms with E-state index in [1.807, 2.05) is 29.8 Å². The van der Waals surface area contributed by atoms with Gasteiger partial charge < -0.3 is 5.11 Å². The third-order valence-corrected chi connectivity index (χ3v) is 4.64. The molecule has 3 aromatic rings. The molecule has 1 atom stereocenters. The molecule has 4 nitrogen and oxygen atoms in total. The van der Waals surface area contributed by atoms with Crippen LogP contribution < -0.4 is 0 Å². The Hall–Kier alpha value is -2.59. The Morgan fingerprint density at radius 1 is 1.08 bits per heavy atom. The summed E-state index contributed by atoms with van der Waals surface area (Å²) in [7, 11) is 2.10. The summed E-state index contributed by atoms with van der Waals surface area (Å²) in [5, 5.41) is 14.2. The van der Waals surface area contributed by atoms with Crippen molar-refractivity contribution < 1.29 is 5.11 Å². The molecule has 25 heavy (non-hydrogen) atoms. The molecule has 130 valence electrons. The minimum Gasteiger partial charge on any atom is -0.508 e. The number of phenolic OH excluding ortho intramolecular Hbond substituents is 1. The summed E-state index contributed by atoms with van der Waals surface area (Å²) in [4.78, 5) is 2.27. The molecule has 0 bridgehead atoms. The molecule has 0 radical (unpaired) electrons. The van der Waals surface area contributed by atoms with Crippen LogP contribution in [0.15, 0.2) is 54.6 Å². The van der Waals surface area contributed by atoms with Crippen LogP contribution in [0.2, 0.25) is 0 Å². The Kier molecular flexibility index (Phi) is 4.91. The first-order chi connectivity index (χ1) is 11.9. The number of aromatic hydroxyl groups is 1. The number of hydrogen-bond acceptors (Lipinski definition) is 3. The zero-order chi connectivity index (χ0) is 18.0. The van der Waals surface area contributed by atoms with Crippen molar-refractivity contribution in [2.75, 3.05) is 7.05 Å². The lowest BCUT2D eigenvalue weighted by atomic mass is 10.1. The Morgan fingerprint density at radius 2 is 1.80 bits per heavy atom. The van der Waals surface area contributed by atoms with Gasteiger partial charge in [0.15, 0.2) is 0 Å². The number of benzene rings is 2. The largest absolute Gasteiger partial charge is 0.508 e. The molecule has 1 N–H and O–H groups in total. The van der Waals surface area contributed by atoms with E-state index in [2.05, 4.69) is 61.2 Å². The normalized spacial score (nSPS) is 12.5. The monoisotopic (exact) mass is 335 g/mol. The van der Waals surface area contributed by atoms with E-state index in [1.165, 1.54) is 5.56 Å². The topological polar surface area (TPSA) is 41.3 Å². The van der Waals surface area contributed by atoms with Gasteiger partial charge in [-0.05, 0) is 69.3 Å². The fourth-order valence-electron chi connectivity index (χ4n) is 3.10. The predicted molar refractivity (Wildman–Crippen MR) is 101 cm³/mol. The van der Waals surface area contributed by atoms with Gasteiger partial charge in [-0.15, -0.1) is 0 Å². The summed E-state index contributed by atoms with van der Waals surface area (Å²) in [6, 6.07) is 18.3. The maximum absolute atomic E-state index is 9.67. The van der Waals surface area contributed by atoms with Crippen LogP contribution >= 0.6 is 0 Å². The second kappa shape index (κ2) is 7.11. The Balaban J connectivity index is 1.71. The highest BCUT2D eigenvalue weighted by Crippen LogP contribution is 2.24. The van der Waals surface area contributed by atoms with Crippen molar-refractivity contribution in [2.45, 2.75) is 33.4 Å². The second-order valence-corrected chi connectivity index (χ2v) is 6.69. The highest BCUT2D eigenvalue weighted by atomic mass is 16.3. The lowest BCUT2D eigenvalue weighted by molar-refractivity contribution is 0.252. The smallest absolute Gasteiger partial charge is 0.115 e. The zero-order valence-electron chi connectivity index (χ0n) is 15.3. The van der Waals surface area contributed by atoms with Crippen molar-refractivity contribution in [3.63, 3.8) is 0 Å². The summed E-state index contributed by atoms with van der Waals surface area (Å²) in [5.74, 6) is 0.312. The van der Waals surface area contributed by atoms with Gasteiger partial charge in [0, 0.05) is 18.3 Å². The van der Waals surface area contributed by atoms with Crippen LogP contribution in [-0.4, -0.2) is 26.8 Å². The molecule has 0 saturated heterocycles. The number of nitrogens with zero attached hydrogens (tertiary/aromatic N) is 3. The Morgan fingerprint density at radius 3 is 2.40 bits per heavy atom. The van der Waals surface area contributed by atoms with E-state index in [-0.39, 0.29) is 6.04 Å². The number of hydrogen-bond donors (Lipinski definition) is 1. The first kappa shape index (κ1) is 17.2. The quantitative estimate of drug-likeness (QED) is 0.752. The molecule has 0 aliphatic carbocycles. The van der Waals surface area contributed by atoms with Gasteiger partial charge in [-0.2, -0.15) is 5.10 Å². The van der Waals surface area contributed by atoms with E-state index < -0.39 is 0 Å². The molecule has 0 amide bonds. The van der Waals surface area contributed by atoms with Gasteiger partial charge in [-0.3, -0.25) is 4.90 Å². The van der Waals surface area contributed by atoms with Gasteiger partial charge in [0.25, 0.3) is 0 Å². The lowest BCUT2D eigenvalue weighted by Gasteiger charge is -2.25. The van der Waals surface area contributed by atoms with E-state index in [9.17, 15) is 5.11 Å². The van der Waals surface area contributed by atoms with E-state index >= 15 is 0 Å². The summed E-state index contributed by atoms with van der Waals surface area (Å²) >= 11 is 0. The van der Waals surface area contributed by atoms with Crippen LogP contribution in [0.25, 0.3) is 5.69 Å². The number of aromatic nitrogens is 2. The maximum atomic E-state index is 9.67.